The van der Waals surface area contributed by atoms with Gasteiger partial charge in [0.2, 0.25) is 0 Å². The first kappa shape index (κ1) is 17.4. The van der Waals surface area contributed by atoms with Crippen molar-refractivity contribution in [3.05, 3.63) is 75.8 Å². The first-order valence-corrected chi connectivity index (χ1v) is 7.29. The van der Waals surface area contributed by atoms with E-state index in [-0.39, 0.29) is 11.5 Å². The van der Waals surface area contributed by atoms with E-state index < -0.39 is 4.92 Å². The van der Waals surface area contributed by atoms with E-state index in [1.807, 2.05) is 0 Å². The second-order valence-corrected chi connectivity index (χ2v) is 4.88. The Morgan fingerprint density at radius 3 is 2.50 bits per heavy atom. The summed E-state index contributed by atoms with van der Waals surface area (Å²) in [7, 11) is 1.59. The maximum absolute atomic E-state index is 12.2. The molecule has 0 unspecified atom stereocenters. The summed E-state index contributed by atoms with van der Waals surface area (Å²) in [6, 6.07) is 12.9. The van der Waals surface area contributed by atoms with Gasteiger partial charge in [-0.3, -0.25) is 14.9 Å². The maximum atomic E-state index is 12.2. The number of ketones is 1. The number of carbonyl (C=O) groups is 1. The molecular weight excluding hydrogens is 310 g/mol. The number of nitro groups is 1. The molecule has 0 fully saturated rings. The number of hydrogen-bond acceptors (Lipinski definition) is 5. The molecular formula is C18H17NO5. The number of para-hydroxylation sites is 1. The summed E-state index contributed by atoms with van der Waals surface area (Å²) in [5.74, 6) is 0.405. The highest BCUT2D eigenvalue weighted by Crippen LogP contribution is 2.19. The molecule has 0 aliphatic heterocycles. The number of hydrogen-bond donors (Lipinski definition) is 0. The zero-order valence-electron chi connectivity index (χ0n) is 13.2. The molecule has 0 atom stereocenters. The van der Waals surface area contributed by atoms with E-state index in [0.29, 0.717) is 30.1 Å². The van der Waals surface area contributed by atoms with Gasteiger partial charge >= 0.3 is 0 Å². The smallest absolute Gasteiger partial charge is 0.276 e. The van der Waals surface area contributed by atoms with Crippen LogP contribution in [0.2, 0.25) is 0 Å². The molecule has 0 aliphatic rings. The minimum atomic E-state index is -0.476. The van der Waals surface area contributed by atoms with Crippen LogP contribution in [0.15, 0.2) is 54.6 Å². The van der Waals surface area contributed by atoms with Crippen molar-refractivity contribution in [3.63, 3.8) is 0 Å². The SMILES string of the molecule is COCCOc1ccc(C(=O)C=Cc2ccccc2[N+](=O)[O-])cc1. The van der Waals surface area contributed by atoms with E-state index in [2.05, 4.69) is 0 Å². The van der Waals surface area contributed by atoms with Gasteiger partial charge in [-0.05, 0) is 42.5 Å². The zero-order valence-corrected chi connectivity index (χ0v) is 13.2. The fraction of sp³-hybridized carbons (Fsp3) is 0.167. The Labute approximate surface area is 139 Å². The molecule has 0 amide bonds. The summed E-state index contributed by atoms with van der Waals surface area (Å²) in [5, 5.41) is 10.9. The zero-order chi connectivity index (χ0) is 17.4. The maximum Gasteiger partial charge on any atom is 0.276 e. The molecule has 0 N–H and O–H groups in total. The highest BCUT2D eigenvalue weighted by atomic mass is 16.6. The van der Waals surface area contributed by atoms with Crippen molar-refractivity contribution < 1.29 is 19.2 Å². The van der Waals surface area contributed by atoms with Gasteiger partial charge in [0.25, 0.3) is 5.69 Å². The third kappa shape index (κ3) is 4.76. The average molecular weight is 327 g/mol. The first-order valence-electron chi connectivity index (χ1n) is 7.29. The number of carbonyl (C=O) groups excluding carboxylic acids is 1. The molecule has 2 rings (SSSR count). The van der Waals surface area contributed by atoms with Gasteiger partial charge in [0.1, 0.15) is 12.4 Å². The number of rotatable bonds is 8. The lowest BCUT2D eigenvalue weighted by atomic mass is 10.1. The molecule has 2 aromatic rings. The van der Waals surface area contributed by atoms with Gasteiger partial charge in [-0.2, -0.15) is 0 Å². The van der Waals surface area contributed by atoms with E-state index in [4.69, 9.17) is 9.47 Å². The van der Waals surface area contributed by atoms with E-state index >= 15 is 0 Å². The van der Waals surface area contributed by atoms with Crippen LogP contribution in [0.1, 0.15) is 15.9 Å². The molecule has 0 bridgehead atoms. The van der Waals surface area contributed by atoms with Crippen LogP contribution in [0.3, 0.4) is 0 Å². The Hall–Kier alpha value is -2.99. The number of methoxy groups -OCH3 is 1. The Balaban J connectivity index is 2.06. The summed E-state index contributed by atoms with van der Waals surface area (Å²) in [5.41, 5.74) is 0.822. The van der Waals surface area contributed by atoms with Crippen LogP contribution < -0.4 is 4.74 Å². The third-order valence-electron chi connectivity index (χ3n) is 3.24. The van der Waals surface area contributed by atoms with Crippen molar-refractivity contribution in [3.8, 4) is 5.75 Å². The monoisotopic (exact) mass is 327 g/mol. The predicted molar refractivity (Wildman–Crippen MR) is 90.3 cm³/mol. The van der Waals surface area contributed by atoms with Crippen LogP contribution in [-0.4, -0.2) is 31.0 Å². The lowest BCUT2D eigenvalue weighted by molar-refractivity contribution is -0.385. The topological polar surface area (TPSA) is 78.7 Å². The van der Waals surface area contributed by atoms with Crippen LogP contribution >= 0.6 is 0 Å². The summed E-state index contributed by atoms with van der Waals surface area (Å²) >= 11 is 0. The second-order valence-electron chi connectivity index (χ2n) is 4.88. The Morgan fingerprint density at radius 1 is 1.12 bits per heavy atom. The minimum absolute atomic E-state index is 0.0385. The Bertz CT molecular complexity index is 737. The van der Waals surface area contributed by atoms with E-state index in [1.165, 1.54) is 18.2 Å². The van der Waals surface area contributed by atoms with Gasteiger partial charge in [-0.15, -0.1) is 0 Å². The van der Waals surface area contributed by atoms with Gasteiger partial charge in [0.05, 0.1) is 17.1 Å². The number of ether oxygens (including phenoxy) is 2. The van der Waals surface area contributed by atoms with Crippen molar-refractivity contribution in [2.45, 2.75) is 0 Å². The number of nitrogens with zero attached hydrogens (tertiary/aromatic N) is 1. The fourth-order valence-electron chi connectivity index (χ4n) is 2.01. The van der Waals surface area contributed by atoms with Gasteiger partial charge in [-0.25, -0.2) is 0 Å². The fourth-order valence-corrected chi connectivity index (χ4v) is 2.01. The van der Waals surface area contributed by atoms with Crippen LogP contribution in [0, 0.1) is 10.1 Å². The molecule has 6 nitrogen and oxygen atoms in total. The van der Waals surface area contributed by atoms with Crippen molar-refractivity contribution in [2.24, 2.45) is 0 Å². The summed E-state index contributed by atoms with van der Waals surface area (Å²) in [6.07, 6.45) is 2.77. The first-order chi connectivity index (χ1) is 11.6. The molecule has 0 spiro atoms. The third-order valence-corrected chi connectivity index (χ3v) is 3.24. The molecule has 0 radical (unpaired) electrons. The lowest BCUT2D eigenvalue weighted by Crippen LogP contribution is -2.04. The van der Waals surface area contributed by atoms with Crippen molar-refractivity contribution in [2.75, 3.05) is 20.3 Å². The van der Waals surface area contributed by atoms with E-state index in [9.17, 15) is 14.9 Å². The van der Waals surface area contributed by atoms with Gasteiger partial charge in [0.15, 0.2) is 5.78 Å². The molecule has 124 valence electrons. The van der Waals surface area contributed by atoms with Gasteiger partial charge in [-0.1, -0.05) is 12.1 Å². The molecule has 2 aromatic carbocycles. The number of nitro benzene ring substituents is 1. The summed E-state index contributed by atoms with van der Waals surface area (Å²) in [4.78, 5) is 22.6. The molecule has 0 aromatic heterocycles. The molecule has 0 saturated heterocycles. The number of benzene rings is 2. The van der Waals surface area contributed by atoms with Crippen LogP contribution in [-0.2, 0) is 4.74 Å². The Kier molecular flexibility index (Phi) is 6.22. The molecule has 6 heteroatoms. The second kappa shape index (κ2) is 8.59. The van der Waals surface area contributed by atoms with Crippen LogP contribution in [0.5, 0.6) is 5.75 Å². The van der Waals surface area contributed by atoms with Crippen molar-refractivity contribution in [1.82, 2.24) is 0 Å². The molecule has 0 aliphatic carbocycles. The van der Waals surface area contributed by atoms with Gasteiger partial charge in [0, 0.05) is 18.7 Å². The largest absolute Gasteiger partial charge is 0.491 e. The van der Waals surface area contributed by atoms with E-state index in [1.54, 1.807) is 49.6 Å². The highest BCUT2D eigenvalue weighted by molar-refractivity contribution is 6.07. The van der Waals surface area contributed by atoms with Crippen molar-refractivity contribution >= 4 is 17.5 Å². The molecule has 0 saturated carbocycles. The summed E-state index contributed by atoms with van der Waals surface area (Å²) < 4.78 is 10.3. The standard InChI is InChI=1S/C18H17NO5/c1-23-12-13-24-16-9-6-15(7-10-16)18(20)11-8-14-4-2-3-5-17(14)19(21)22/h2-11H,12-13H2,1H3. The average Bonchev–Trinajstić information content (AvgIpc) is 2.60. The minimum Gasteiger partial charge on any atom is -0.491 e. The lowest BCUT2D eigenvalue weighted by Gasteiger charge is -2.05. The normalized spacial score (nSPS) is 10.7. The van der Waals surface area contributed by atoms with Gasteiger partial charge < -0.3 is 9.47 Å². The quantitative estimate of drug-likeness (QED) is 0.244. The molecule has 24 heavy (non-hydrogen) atoms. The predicted octanol–water partition coefficient (Wildman–Crippen LogP) is 3.52. The summed E-state index contributed by atoms with van der Waals surface area (Å²) in [6.45, 7) is 0.917. The molecule has 0 heterocycles. The van der Waals surface area contributed by atoms with Crippen molar-refractivity contribution in [1.29, 1.82) is 0 Å². The van der Waals surface area contributed by atoms with Crippen LogP contribution in [0.25, 0.3) is 6.08 Å². The Morgan fingerprint density at radius 2 is 1.83 bits per heavy atom. The van der Waals surface area contributed by atoms with Crippen LogP contribution in [0.4, 0.5) is 5.69 Å². The number of allylic oxidation sites excluding steroid dienone is 1. The highest BCUT2D eigenvalue weighted by Gasteiger charge is 2.10. The van der Waals surface area contributed by atoms with E-state index in [0.717, 1.165) is 0 Å².